The molecule has 1 aliphatic heterocycles. The number of para-hydroxylation sites is 1. The molecular formula is C17H15N3O2S2. The second-order valence-electron chi connectivity index (χ2n) is 5.55. The third-order valence-electron chi connectivity index (χ3n) is 4.06. The molecule has 1 aliphatic rings. The van der Waals surface area contributed by atoms with Gasteiger partial charge in [-0.25, -0.2) is 4.98 Å². The predicted molar refractivity (Wildman–Crippen MR) is 95.7 cm³/mol. The number of carbonyl (C=O) groups excluding carboxylic acids is 2. The summed E-state index contributed by atoms with van der Waals surface area (Å²) in [5.41, 5.74) is 0.859. The molecule has 0 radical (unpaired) electrons. The molecule has 122 valence electrons. The minimum absolute atomic E-state index is 0.0422. The zero-order chi connectivity index (χ0) is 16.5. The van der Waals surface area contributed by atoms with Crippen molar-refractivity contribution < 1.29 is 9.59 Å². The molecule has 0 unspecified atom stereocenters. The van der Waals surface area contributed by atoms with Gasteiger partial charge in [-0.3, -0.25) is 9.59 Å². The van der Waals surface area contributed by atoms with Gasteiger partial charge in [-0.15, -0.1) is 22.7 Å². The van der Waals surface area contributed by atoms with E-state index < -0.39 is 0 Å². The number of aromatic nitrogens is 1. The first-order chi connectivity index (χ1) is 11.7. The summed E-state index contributed by atoms with van der Waals surface area (Å²) in [6, 6.07) is 11.5. The highest BCUT2D eigenvalue weighted by Crippen LogP contribution is 2.23. The van der Waals surface area contributed by atoms with Gasteiger partial charge in [0.1, 0.15) is 0 Å². The van der Waals surface area contributed by atoms with Crippen LogP contribution in [-0.4, -0.2) is 52.8 Å². The van der Waals surface area contributed by atoms with Gasteiger partial charge in [-0.1, -0.05) is 18.2 Å². The molecule has 1 fully saturated rings. The lowest BCUT2D eigenvalue weighted by Crippen LogP contribution is -2.50. The average molecular weight is 357 g/mol. The van der Waals surface area contributed by atoms with E-state index in [0.717, 1.165) is 15.1 Å². The van der Waals surface area contributed by atoms with Crippen LogP contribution in [0.3, 0.4) is 0 Å². The van der Waals surface area contributed by atoms with Crippen molar-refractivity contribution in [2.45, 2.75) is 0 Å². The van der Waals surface area contributed by atoms with Crippen molar-refractivity contribution in [3.05, 3.63) is 51.7 Å². The number of nitrogens with zero attached hydrogens (tertiary/aromatic N) is 3. The van der Waals surface area contributed by atoms with Crippen molar-refractivity contribution >= 4 is 44.7 Å². The maximum Gasteiger partial charge on any atom is 0.282 e. The number of fused-ring (bicyclic) bond motifs is 1. The fourth-order valence-corrected chi connectivity index (χ4v) is 4.39. The van der Waals surface area contributed by atoms with Gasteiger partial charge in [0.15, 0.2) is 5.01 Å². The first-order valence-electron chi connectivity index (χ1n) is 7.70. The third kappa shape index (κ3) is 2.81. The van der Waals surface area contributed by atoms with E-state index in [2.05, 4.69) is 4.98 Å². The molecule has 24 heavy (non-hydrogen) atoms. The second-order valence-corrected chi connectivity index (χ2v) is 7.53. The first kappa shape index (κ1) is 15.3. The first-order valence-corrected chi connectivity index (χ1v) is 9.39. The van der Waals surface area contributed by atoms with E-state index in [9.17, 15) is 9.59 Å². The number of rotatable bonds is 2. The molecule has 3 heterocycles. The largest absolute Gasteiger partial charge is 0.334 e. The van der Waals surface area contributed by atoms with E-state index in [0.29, 0.717) is 31.2 Å². The zero-order valence-electron chi connectivity index (χ0n) is 12.8. The molecule has 2 aromatic heterocycles. The van der Waals surface area contributed by atoms with Gasteiger partial charge < -0.3 is 9.80 Å². The number of thiophene rings is 1. The van der Waals surface area contributed by atoms with Crippen LogP contribution in [0, 0.1) is 0 Å². The van der Waals surface area contributed by atoms with Crippen LogP contribution in [0.4, 0.5) is 0 Å². The zero-order valence-corrected chi connectivity index (χ0v) is 14.5. The van der Waals surface area contributed by atoms with Crippen molar-refractivity contribution in [2.24, 2.45) is 0 Å². The Bertz CT molecular complexity index is 847. The monoisotopic (exact) mass is 357 g/mol. The Morgan fingerprint density at radius 1 is 0.917 bits per heavy atom. The topological polar surface area (TPSA) is 53.5 Å². The standard InChI is InChI=1S/C17H15N3O2S2/c21-16(14-6-3-11-23-14)19-7-9-20(10-8-19)17(22)15-18-12-4-1-2-5-13(12)24-15/h1-6,11H,7-10H2. The van der Waals surface area contributed by atoms with Crippen LogP contribution >= 0.6 is 22.7 Å². The molecule has 0 saturated carbocycles. The number of piperazine rings is 1. The Balaban J connectivity index is 1.43. The summed E-state index contributed by atoms with van der Waals surface area (Å²) in [6.07, 6.45) is 0. The van der Waals surface area contributed by atoms with Gasteiger partial charge >= 0.3 is 0 Å². The minimum Gasteiger partial charge on any atom is -0.334 e. The summed E-state index contributed by atoms with van der Waals surface area (Å²) in [7, 11) is 0. The van der Waals surface area contributed by atoms with Crippen molar-refractivity contribution in [3.63, 3.8) is 0 Å². The van der Waals surface area contributed by atoms with E-state index in [4.69, 9.17) is 0 Å². The van der Waals surface area contributed by atoms with Crippen LogP contribution in [0.1, 0.15) is 19.5 Å². The van der Waals surface area contributed by atoms with E-state index in [-0.39, 0.29) is 11.8 Å². The Kier molecular flexibility index (Phi) is 4.03. The smallest absolute Gasteiger partial charge is 0.282 e. The molecule has 0 aliphatic carbocycles. The SMILES string of the molecule is O=C(c1cccs1)N1CCN(C(=O)c2nc3ccccc3s2)CC1. The molecule has 0 atom stereocenters. The van der Waals surface area contributed by atoms with E-state index in [1.54, 1.807) is 4.90 Å². The van der Waals surface area contributed by atoms with Gasteiger partial charge in [-0.05, 0) is 23.6 Å². The lowest BCUT2D eigenvalue weighted by Gasteiger charge is -2.34. The summed E-state index contributed by atoms with van der Waals surface area (Å²) in [4.78, 5) is 33.8. The molecule has 0 N–H and O–H groups in total. The van der Waals surface area contributed by atoms with Crippen LogP contribution < -0.4 is 0 Å². The van der Waals surface area contributed by atoms with E-state index >= 15 is 0 Å². The molecule has 0 bridgehead atoms. The number of thiazole rings is 1. The predicted octanol–water partition coefficient (Wildman–Crippen LogP) is 2.96. The van der Waals surface area contributed by atoms with Crippen molar-refractivity contribution in [1.29, 1.82) is 0 Å². The molecule has 3 aromatic rings. The van der Waals surface area contributed by atoms with Gasteiger partial charge in [-0.2, -0.15) is 0 Å². The lowest BCUT2D eigenvalue weighted by molar-refractivity contribution is 0.0538. The van der Waals surface area contributed by atoms with Crippen molar-refractivity contribution in [1.82, 2.24) is 14.8 Å². The number of carbonyl (C=O) groups is 2. The highest BCUT2D eigenvalue weighted by molar-refractivity contribution is 7.20. The second kappa shape index (κ2) is 6.33. The molecule has 4 rings (SSSR count). The van der Waals surface area contributed by atoms with Crippen LogP contribution in [0.25, 0.3) is 10.2 Å². The van der Waals surface area contributed by atoms with Gasteiger partial charge in [0.05, 0.1) is 15.1 Å². The maximum absolute atomic E-state index is 12.6. The molecule has 2 amide bonds. The van der Waals surface area contributed by atoms with Gasteiger partial charge in [0.25, 0.3) is 11.8 Å². The minimum atomic E-state index is -0.0422. The number of amides is 2. The maximum atomic E-state index is 12.6. The fraction of sp³-hybridized carbons (Fsp3) is 0.235. The summed E-state index contributed by atoms with van der Waals surface area (Å²) in [5.74, 6) is 0.0107. The number of hydrogen-bond donors (Lipinski definition) is 0. The summed E-state index contributed by atoms with van der Waals surface area (Å²) in [6.45, 7) is 2.22. The normalized spacial score (nSPS) is 15.0. The number of benzene rings is 1. The fourth-order valence-electron chi connectivity index (χ4n) is 2.77. The Morgan fingerprint density at radius 3 is 2.29 bits per heavy atom. The highest BCUT2D eigenvalue weighted by atomic mass is 32.1. The van der Waals surface area contributed by atoms with E-state index in [1.165, 1.54) is 22.7 Å². The van der Waals surface area contributed by atoms with Gasteiger partial charge in [0.2, 0.25) is 0 Å². The molecule has 0 spiro atoms. The lowest BCUT2D eigenvalue weighted by atomic mass is 10.3. The Morgan fingerprint density at radius 2 is 1.62 bits per heavy atom. The van der Waals surface area contributed by atoms with Crippen LogP contribution in [-0.2, 0) is 0 Å². The van der Waals surface area contributed by atoms with Crippen molar-refractivity contribution in [3.8, 4) is 0 Å². The summed E-state index contributed by atoms with van der Waals surface area (Å²) < 4.78 is 1.02. The van der Waals surface area contributed by atoms with Crippen LogP contribution in [0.5, 0.6) is 0 Å². The van der Waals surface area contributed by atoms with Crippen LogP contribution in [0.2, 0.25) is 0 Å². The quantitative estimate of drug-likeness (QED) is 0.708. The average Bonchev–Trinajstić information content (AvgIpc) is 3.30. The van der Waals surface area contributed by atoms with Gasteiger partial charge in [0, 0.05) is 26.2 Å². The summed E-state index contributed by atoms with van der Waals surface area (Å²) >= 11 is 2.87. The third-order valence-corrected chi connectivity index (χ3v) is 5.95. The molecule has 7 heteroatoms. The number of hydrogen-bond acceptors (Lipinski definition) is 5. The molecular weight excluding hydrogens is 342 g/mol. The Hall–Kier alpha value is -2.25. The van der Waals surface area contributed by atoms with Crippen molar-refractivity contribution in [2.75, 3.05) is 26.2 Å². The highest BCUT2D eigenvalue weighted by Gasteiger charge is 2.27. The van der Waals surface area contributed by atoms with E-state index in [1.807, 2.05) is 46.7 Å². The molecule has 1 saturated heterocycles. The molecule has 1 aromatic carbocycles. The molecule has 5 nitrogen and oxygen atoms in total. The Labute approximate surface area is 147 Å². The summed E-state index contributed by atoms with van der Waals surface area (Å²) in [5, 5.41) is 2.43. The van der Waals surface area contributed by atoms with Crippen LogP contribution in [0.15, 0.2) is 41.8 Å².